The number of benzene rings is 1. The number of hydrogen-bond donors (Lipinski definition) is 1. The number of aromatic nitrogens is 4. The molecule has 0 aliphatic carbocycles. The standard InChI is InChI=1S/C15H14ClN5OS2/c1-10-12(16)5-2-6-13(10)17-14(22)9-24-15-18-19-20-21(15)8-11-4-3-7-23-11/h2-7H,8-9H2,1H3,(H,17,22). The summed E-state index contributed by atoms with van der Waals surface area (Å²) in [5.74, 6) is 0.0903. The molecule has 0 atom stereocenters. The zero-order valence-corrected chi connectivity index (χ0v) is 15.2. The summed E-state index contributed by atoms with van der Waals surface area (Å²) < 4.78 is 1.69. The first-order chi connectivity index (χ1) is 11.6. The van der Waals surface area contributed by atoms with Crippen LogP contribution in [-0.4, -0.2) is 31.9 Å². The monoisotopic (exact) mass is 379 g/mol. The van der Waals surface area contributed by atoms with Gasteiger partial charge in [-0.25, -0.2) is 4.68 Å². The van der Waals surface area contributed by atoms with Gasteiger partial charge in [-0.1, -0.05) is 35.5 Å². The highest BCUT2D eigenvalue weighted by Gasteiger charge is 2.12. The number of carbonyl (C=O) groups is 1. The summed E-state index contributed by atoms with van der Waals surface area (Å²) in [6.45, 7) is 2.47. The van der Waals surface area contributed by atoms with Gasteiger partial charge < -0.3 is 5.32 Å². The minimum absolute atomic E-state index is 0.129. The van der Waals surface area contributed by atoms with Crippen LogP contribution in [0.2, 0.25) is 5.02 Å². The summed E-state index contributed by atoms with van der Waals surface area (Å²) in [5, 5.41) is 17.7. The summed E-state index contributed by atoms with van der Waals surface area (Å²) >= 11 is 9.00. The molecule has 0 aliphatic rings. The Morgan fingerprint density at radius 3 is 3.04 bits per heavy atom. The third-order valence-corrected chi connectivity index (χ3v) is 5.49. The van der Waals surface area contributed by atoms with Crippen LogP contribution in [-0.2, 0) is 11.3 Å². The molecule has 9 heteroatoms. The summed E-state index contributed by atoms with van der Waals surface area (Å²) in [5.41, 5.74) is 1.56. The SMILES string of the molecule is Cc1c(Cl)cccc1NC(=O)CSc1nnnn1Cc1cccs1. The van der Waals surface area contributed by atoms with Gasteiger partial charge >= 0.3 is 0 Å². The van der Waals surface area contributed by atoms with E-state index in [0.29, 0.717) is 22.4 Å². The van der Waals surface area contributed by atoms with Crippen molar-refractivity contribution in [3.63, 3.8) is 0 Å². The molecule has 0 radical (unpaired) electrons. The van der Waals surface area contributed by atoms with Crippen molar-refractivity contribution in [3.8, 4) is 0 Å². The van der Waals surface area contributed by atoms with E-state index in [2.05, 4.69) is 20.8 Å². The van der Waals surface area contributed by atoms with Crippen molar-refractivity contribution in [1.29, 1.82) is 0 Å². The molecule has 124 valence electrons. The lowest BCUT2D eigenvalue weighted by molar-refractivity contribution is -0.113. The van der Waals surface area contributed by atoms with E-state index in [1.807, 2.05) is 30.5 Å². The van der Waals surface area contributed by atoms with E-state index in [1.165, 1.54) is 11.8 Å². The van der Waals surface area contributed by atoms with Crippen LogP contribution in [0, 0.1) is 6.92 Å². The molecule has 0 bridgehead atoms. The zero-order valence-electron chi connectivity index (χ0n) is 12.8. The van der Waals surface area contributed by atoms with Gasteiger partial charge in [0.1, 0.15) is 0 Å². The molecular formula is C15H14ClN5OS2. The van der Waals surface area contributed by atoms with E-state index < -0.39 is 0 Å². The predicted molar refractivity (Wildman–Crippen MR) is 96.8 cm³/mol. The van der Waals surface area contributed by atoms with Crippen LogP contribution in [0.3, 0.4) is 0 Å². The minimum Gasteiger partial charge on any atom is -0.325 e. The van der Waals surface area contributed by atoms with Crippen molar-refractivity contribution in [2.75, 3.05) is 11.1 Å². The maximum absolute atomic E-state index is 12.1. The maximum Gasteiger partial charge on any atom is 0.234 e. The van der Waals surface area contributed by atoms with Crippen LogP contribution in [0.1, 0.15) is 10.4 Å². The lowest BCUT2D eigenvalue weighted by Gasteiger charge is -2.09. The van der Waals surface area contributed by atoms with Crippen molar-refractivity contribution < 1.29 is 4.79 Å². The predicted octanol–water partition coefficient (Wildman–Crippen LogP) is 3.48. The Labute approximate surface area is 152 Å². The smallest absolute Gasteiger partial charge is 0.234 e. The number of thioether (sulfide) groups is 1. The van der Waals surface area contributed by atoms with E-state index >= 15 is 0 Å². The second kappa shape index (κ2) is 7.78. The largest absolute Gasteiger partial charge is 0.325 e. The molecule has 6 nitrogen and oxygen atoms in total. The number of nitrogens with zero attached hydrogens (tertiary/aromatic N) is 4. The Bertz CT molecular complexity index is 834. The fraction of sp³-hybridized carbons (Fsp3) is 0.200. The third-order valence-electron chi connectivity index (χ3n) is 3.26. The topological polar surface area (TPSA) is 72.7 Å². The molecule has 2 aromatic heterocycles. The van der Waals surface area contributed by atoms with E-state index in [0.717, 1.165) is 10.4 Å². The fourth-order valence-electron chi connectivity index (χ4n) is 2.01. The van der Waals surface area contributed by atoms with E-state index in [-0.39, 0.29) is 11.7 Å². The molecule has 0 unspecified atom stereocenters. The molecular weight excluding hydrogens is 366 g/mol. The van der Waals surface area contributed by atoms with Gasteiger partial charge in [0, 0.05) is 15.6 Å². The number of hydrogen-bond acceptors (Lipinski definition) is 6. The minimum atomic E-state index is -0.129. The average molecular weight is 380 g/mol. The second-order valence-corrected chi connectivity index (χ2v) is 7.33. The molecule has 0 saturated carbocycles. The molecule has 24 heavy (non-hydrogen) atoms. The molecule has 1 amide bonds. The molecule has 3 aromatic rings. The molecule has 3 rings (SSSR count). The lowest BCUT2D eigenvalue weighted by Crippen LogP contribution is -2.15. The molecule has 1 N–H and O–H groups in total. The van der Waals surface area contributed by atoms with Crippen molar-refractivity contribution in [1.82, 2.24) is 20.2 Å². The normalized spacial score (nSPS) is 10.8. The maximum atomic E-state index is 12.1. The van der Waals surface area contributed by atoms with Gasteiger partial charge in [0.05, 0.1) is 12.3 Å². The molecule has 0 fully saturated rings. The van der Waals surface area contributed by atoms with Crippen molar-refractivity contribution in [2.45, 2.75) is 18.6 Å². The number of nitrogens with one attached hydrogen (secondary N) is 1. The Morgan fingerprint density at radius 1 is 1.38 bits per heavy atom. The second-order valence-electron chi connectivity index (χ2n) is 4.95. The van der Waals surface area contributed by atoms with E-state index in [4.69, 9.17) is 11.6 Å². The van der Waals surface area contributed by atoms with Crippen molar-refractivity contribution in [2.24, 2.45) is 0 Å². The van der Waals surface area contributed by atoms with Gasteiger partial charge in [0.25, 0.3) is 0 Å². The molecule has 0 saturated heterocycles. The van der Waals surface area contributed by atoms with E-state index in [9.17, 15) is 4.79 Å². The van der Waals surface area contributed by atoms with Crippen molar-refractivity contribution in [3.05, 3.63) is 51.2 Å². The number of halogens is 1. The van der Waals surface area contributed by atoms with Gasteiger partial charge in [0.2, 0.25) is 11.1 Å². The average Bonchev–Trinajstić information content (AvgIpc) is 3.22. The van der Waals surface area contributed by atoms with Gasteiger partial charge in [-0.15, -0.1) is 16.4 Å². The Balaban J connectivity index is 1.59. The van der Waals surface area contributed by atoms with Crippen LogP contribution in [0.4, 0.5) is 5.69 Å². The first-order valence-corrected chi connectivity index (χ1v) is 9.34. The highest BCUT2D eigenvalue weighted by molar-refractivity contribution is 7.99. The third kappa shape index (κ3) is 4.14. The number of tetrazole rings is 1. The molecule has 1 aromatic carbocycles. The Morgan fingerprint density at radius 2 is 2.25 bits per heavy atom. The number of amides is 1. The van der Waals surface area contributed by atoms with E-state index in [1.54, 1.807) is 28.2 Å². The molecule has 2 heterocycles. The van der Waals surface area contributed by atoms with Gasteiger partial charge in [-0.3, -0.25) is 4.79 Å². The van der Waals surface area contributed by atoms with Crippen LogP contribution in [0.15, 0.2) is 40.9 Å². The summed E-state index contributed by atoms with van der Waals surface area (Å²) in [6.07, 6.45) is 0. The van der Waals surface area contributed by atoms with Crippen LogP contribution >= 0.6 is 34.7 Å². The Kier molecular flexibility index (Phi) is 5.49. The Hall–Kier alpha value is -1.90. The number of thiophene rings is 1. The highest BCUT2D eigenvalue weighted by atomic mass is 35.5. The fourth-order valence-corrected chi connectivity index (χ4v) is 3.55. The first kappa shape index (κ1) is 16.9. The zero-order chi connectivity index (χ0) is 16.9. The van der Waals surface area contributed by atoms with Crippen LogP contribution in [0.25, 0.3) is 0 Å². The first-order valence-electron chi connectivity index (χ1n) is 7.10. The summed E-state index contributed by atoms with van der Waals surface area (Å²) in [7, 11) is 0. The molecule has 0 spiro atoms. The van der Waals surface area contributed by atoms with Gasteiger partial charge in [0.15, 0.2) is 0 Å². The number of carbonyl (C=O) groups excluding carboxylic acids is 1. The van der Waals surface area contributed by atoms with Crippen LogP contribution < -0.4 is 5.32 Å². The van der Waals surface area contributed by atoms with Crippen LogP contribution in [0.5, 0.6) is 0 Å². The quantitative estimate of drug-likeness (QED) is 0.664. The van der Waals surface area contributed by atoms with Gasteiger partial charge in [-0.05, 0) is 46.5 Å². The summed E-state index contributed by atoms with van der Waals surface area (Å²) in [6, 6.07) is 9.43. The lowest BCUT2D eigenvalue weighted by atomic mass is 10.2. The highest BCUT2D eigenvalue weighted by Crippen LogP contribution is 2.23. The number of rotatable bonds is 6. The summed E-state index contributed by atoms with van der Waals surface area (Å²) in [4.78, 5) is 13.3. The van der Waals surface area contributed by atoms with Gasteiger partial charge in [-0.2, -0.15) is 0 Å². The molecule has 0 aliphatic heterocycles. The number of anilines is 1. The van der Waals surface area contributed by atoms with Crippen molar-refractivity contribution >= 4 is 46.3 Å².